The number of hydrogen-bond acceptors (Lipinski definition) is 4. The minimum atomic E-state index is -0.649. The third-order valence-corrected chi connectivity index (χ3v) is 5.22. The molecular weight excluding hydrogens is 390 g/mol. The summed E-state index contributed by atoms with van der Waals surface area (Å²) in [4.78, 5) is 13.5. The van der Waals surface area contributed by atoms with E-state index in [1.807, 2.05) is 12.1 Å². The SMILES string of the molecule is CC(=O)c1cc(Cl)c(OCC2CCCN2c2ccc(C#N)c(Cl)c2)cc1F. The molecule has 0 radical (unpaired) electrons. The summed E-state index contributed by atoms with van der Waals surface area (Å²) in [6.45, 7) is 2.44. The Labute approximate surface area is 167 Å². The van der Waals surface area contributed by atoms with Crippen molar-refractivity contribution < 1.29 is 13.9 Å². The summed E-state index contributed by atoms with van der Waals surface area (Å²) in [5, 5.41) is 9.62. The van der Waals surface area contributed by atoms with Gasteiger partial charge in [0.15, 0.2) is 5.78 Å². The topological polar surface area (TPSA) is 53.3 Å². The van der Waals surface area contributed by atoms with Crippen molar-refractivity contribution in [1.29, 1.82) is 5.26 Å². The lowest BCUT2D eigenvalue weighted by Gasteiger charge is -2.27. The van der Waals surface area contributed by atoms with Crippen molar-refractivity contribution >= 4 is 34.7 Å². The van der Waals surface area contributed by atoms with Crippen LogP contribution in [0.5, 0.6) is 5.75 Å². The second-order valence-corrected chi connectivity index (χ2v) is 7.21. The van der Waals surface area contributed by atoms with E-state index in [1.54, 1.807) is 12.1 Å². The fourth-order valence-corrected chi connectivity index (χ4v) is 3.65. The van der Waals surface area contributed by atoms with Crippen molar-refractivity contribution in [3.63, 3.8) is 0 Å². The molecule has 1 aliphatic rings. The minimum Gasteiger partial charge on any atom is -0.490 e. The van der Waals surface area contributed by atoms with E-state index in [2.05, 4.69) is 4.90 Å². The van der Waals surface area contributed by atoms with Crippen LogP contribution in [0.2, 0.25) is 10.0 Å². The number of anilines is 1. The van der Waals surface area contributed by atoms with Gasteiger partial charge in [0.2, 0.25) is 0 Å². The Morgan fingerprint density at radius 3 is 2.78 bits per heavy atom. The zero-order valence-corrected chi connectivity index (χ0v) is 16.1. The van der Waals surface area contributed by atoms with E-state index < -0.39 is 5.82 Å². The van der Waals surface area contributed by atoms with Gasteiger partial charge in [-0.05, 0) is 44.0 Å². The Hall–Kier alpha value is -2.29. The number of nitriles is 1. The molecule has 1 fully saturated rings. The molecule has 2 aromatic rings. The van der Waals surface area contributed by atoms with E-state index in [1.165, 1.54) is 13.0 Å². The summed E-state index contributed by atoms with van der Waals surface area (Å²) in [6.07, 6.45) is 1.89. The number of carbonyl (C=O) groups excluding carboxylic acids is 1. The van der Waals surface area contributed by atoms with Crippen LogP contribution in [-0.2, 0) is 0 Å². The standard InChI is InChI=1S/C20H17Cl2FN2O2/c1-12(26)16-8-18(22)20(9-19(16)23)27-11-15-3-2-6-25(15)14-5-4-13(10-24)17(21)7-14/h4-5,7-9,15H,2-3,6,11H2,1H3. The van der Waals surface area contributed by atoms with Gasteiger partial charge in [-0.25, -0.2) is 4.39 Å². The summed E-state index contributed by atoms with van der Waals surface area (Å²) < 4.78 is 19.8. The molecule has 4 nitrogen and oxygen atoms in total. The van der Waals surface area contributed by atoms with Crippen LogP contribution in [0, 0.1) is 17.1 Å². The van der Waals surface area contributed by atoms with Gasteiger partial charge in [-0.3, -0.25) is 4.79 Å². The highest BCUT2D eigenvalue weighted by molar-refractivity contribution is 6.32. The number of halogens is 3. The van der Waals surface area contributed by atoms with Gasteiger partial charge in [-0.15, -0.1) is 0 Å². The van der Waals surface area contributed by atoms with Crippen LogP contribution in [0.3, 0.4) is 0 Å². The number of nitrogens with zero attached hydrogens (tertiary/aromatic N) is 2. The van der Waals surface area contributed by atoms with Gasteiger partial charge in [0, 0.05) is 18.3 Å². The van der Waals surface area contributed by atoms with Gasteiger partial charge >= 0.3 is 0 Å². The van der Waals surface area contributed by atoms with E-state index >= 15 is 0 Å². The third-order valence-electron chi connectivity index (χ3n) is 4.61. The molecule has 0 aromatic heterocycles. The lowest BCUT2D eigenvalue weighted by Crippen LogP contribution is -2.34. The Kier molecular flexibility index (Phi) is 5.88. The number of Topliss-reactive ketones (excluding diaryl/α,β-unsaturated/α-hetero) is 1. The predicted molar refractivity (Wildman–Crippen MR) is 103 cm³/mol. The van der Waals surface area contributed by atoms with Crippen LogP contribution in [0.1, 0.15) is 35.7 Å². The quantitative estimate of drug-likeness (QED) is 0.635. The molecule has 3 rings (SSSR count). The van der Waals surface area contributed by atoms with Gasteiger partial charge in [0.05, 0.1) is 27.2 Å². The molecule has 1 saturated heterocycles. The summed E-state index contributed by atoms with van der Waals surface area (Å²) in [5.74, 6) is -0.825. The Balaban J connectivity index is 1.74. The fourth-order valence-electron chi connectivity index (χ4n) is 3.22. The lowest BCUT2D eigenvalue weighted by molar-refractivity contribution is 0.101. The van der Waals surface area contributed by atoms with Crippen LogP contribution in [0.15, 0.2) is 30.3 Å². The molecule has 0 amide bonds. The van der Waals surface area contributed by atoms with E-state index in [0.717, 1.165) is 31.1 Å². The first kappa shape index (κ1) is 19.5. The van der Waals surface area contributed by atoms with Gasteiger partial charge < -0.3 is 9.64 Å². The Morgan fingerprint density at radius 1 is 1.33 bits per heavy atom. The van der Waals surface area contributed by atoms with Crippen LogP contribution in [0.25, 0.3) is 0 Å². The van der Waals surface area contributed by atoms with Crippen molar-refractivity contribution in [2.24, 2.45) is 0 Å². The minimum absolute atomic E-state index is 0.0536. The molecule has 0 saturated carbocycles. The number of rotatable bonds is 5. The fraction of sp³-hybridized carbons (Fsp3) is 0.300. The summed E-state index contributed by atoms with van der Waals surface area (Å²) in [7, 11) is 0. The molecule has 0 aliphatic carbocycles. The molecule has 2 aromatic carbocycles. The Bertz CT molecular complexity index is 927. The first-order chi connectivity index (χ1) is 12.9. The number of ketones is 1. The van der Waals surface area contributed by atoms with Crippen LogP contribution >= 0.6 is 23.2 Å². The first-order valence-corrected chi connectivity index (χ1v) is 9.25. The average Bonchev–Trinajstić information content (AvgIpc) is 3.10. The molecule has 140 valence electrons. The number of ether oxygens (including phenoxy) is 1. The summed E-state index contributed by atoms with van der Waals surface area (Å²) >= 11 is 12.3. The van der Waals surface area contributed by atoms with Crippen molar-refractivity contribution in [1.82, 2.24) is 0 Å². The van der Waals surface area contributed by atoms with Gasteiger partial charge in [0.25, 0.3) is 0 Å². The summed E-state index contributed by atoms with van der Waals surface area (Å²) in [5.41, 5.74) is 1.29. The first-order valence-electron chi connectivity index (χ1n) is 8.49. The highest BCUT2D eigenvalue weighted by Gasteiger charge is 2.26. The lowest BCUT2D eigenvalue weighted by atomic mass is 10.1. The molecule has 0 N–H and O–H groups in total. The van der Waals surface area contributed by atoms with E-state index in [0.29, 0.717) is 17.2 Å². The predicted octanol–water partition coefficient (Wildman–Crippen LogP) is 5.25. The maximum atomic E-state index is 14.0. The zero-order valence-electron chi connectivity index (χ0n) is 14.6. The van der Waals surface area contributed by atoms with E-state index in [4.69, 9.17) is 33.2 Å². The van der Waals surface area contributed by atoms with Crippen molar-refractivity contribution in [3.8, 4) is 11.8 Å². The monoisotopic (exact) mass is 406 g/mol. The second-order valence-electron chi connectivity index (χ2n) is 6.40. The average molecular weight is 407 g/mol. The molecule has 0 bridgehead atoms. The van der Waals surface area contributed by atoms with Gasteiger partial charge in [-0.2, -0.15) is 5.26 Å². The second kappa shape index (κ2) is 8.16. The molecule has 0 spiro atoms. The normalized spacial score (nSPS) is 16.3. The molecular formula is C20H17Cl2FN2O2. The maximum absolute atomic E-state index is 14.0. The third kappa shape index (κ3) is 4.18. The van der Waals surface area contributed by atoms with Crippen LogP contribution < -0.4 is 9.64 Å². The number of carbonyl (C=O) groups is 1. The zero-order chi connectivity index (χ0) is 19.6. The van der Waals surface area contributed by atoms with E-state index in [9.17, 15) is 9.18 Å². The van der Waals surface area contributed by atoms with Crippen molar-refractivity contribution in [2.75, 3.05) is 18.1 Å². The van der Waals surface area contributed by atoms with Crippen LogP contribution in [0.4, 0.5) is 10.1 Å². The highest BCUT2D eigenvalue weighted by Crippen LogP contribution is 2.32. The molecule has 1 unspecified atom stereocenters. The Morgan fingerprint density at radius 2 is 2.11 bits per heavy atom. The highest BCUT2D eigenvalue weighted by atomic mass is 35.5. The molecule has 1 aliphatic heterocycles. The molecule has 1 atom stereocenters. The largest absolute Gasteiger partial charge is 0.490 e. The molecule has 1 heterocycles. The van der Waals surface area contributed by atoms with E-state index in [-0.39, 0.29) is 28.2 Å². The maximum Gasteiger partial charge on any atom is 0.162 e. The van der Waals surface area contributed by atoms with Gasteiger partial charge in [-0.1, -0.05) is 23.2 Å². The smallest absolute Gasteiger partial charge is 0.162 e. The summed E-state index contributed by atoms with van der Waals surface area (Å²) in [6, 6.07) is 9.88. The van der Waals surface area contributed by atoms with Gasteiger partial charge in [0.1, 0.15) is 24.2 Å². The molecule has 7 heteroatoms. The number of benzene rings is 2. The molecule has 27 heavy (non-hydrogen) atoms. The van der Waals surface area contributed by atoms with Crippen molar-refractivity contribution in [3.05, 3.63) is 57.3 Å². The number of hydrogen-bond donors (Lipinski definition) is 0. The van der Waals surface area contributed by atoms with Crippen molar-refractivity contribution in [2.45, 2.75) is 25.8 Å². The van der Waals surface area contributed by atoms with Crippen LogP contribution in [-0.4, -0.2) is 25.0 Å².